The molecule has 0 amide bonds. The lowest BCUT2D eigenvalue weighted by Crippen LogP contribution is -2.49. The van der Waals surface area contributed by atoms with Crippen LogP contribution in [0.5, 0.6) is 0 Å². The number of methoxy groups -OCH3 is 1. The molecule has 1 aliphatic rings. The maximum Gasteiger partial charge on any atom is 0.208 e. The molecule has 1 heterocycles. The Balaban J connectivity index is 2.57. The van der Waals surface area contributed by atoms with E-state index >= 15 is 0 Å². The predicted octanol–water partition coefficient (Wildman–Crippen LogP) is 0.573. The first kappa shape index (κ1) is 13.3. The number of hydrogen-bond acceptors (Lipinski definition) is 3. The molecule has 1 saturated heterocycles. The van der Waals surface area contributed by atoms with E-state index < -0.39 is 0 Å². The van der Waals surface area contributed by atoms with Gasteiger partial charge in [-0.05, 0) is 32.6 Å². The first-order valence-electron chi connectivity index (χ1n) is 5.95. The summed E-state index contributed by atoms with van der Waals surface area (Å²) in [6.45, 7) is 6.91. The molecular weight excluding hydrogens is 204 g/mol. The van der Waals surface area contributed by atoms with Crippen LogP contribution in [0.3, 0.4) is 0 Å². The quantitative estimate of drug-likeness (QED) is 0.321. The summed E-state index contributed by atoms with van der Waals surface area (Å²) in [5, 5.41) is 0. The van der Waals surface area contributed by atoms with Crippen LogP contribution >= 0.6 is 0 Å². The largest absolute Gasteiger partial charge is 0.384 e. The Hall–Kier alpha value is -0.810. The zero-order valence-electron chi connectivity index (χ0n) is 10.6. The average molecular weight is 228 g/mol. The molecule has 0 aromatic rings. The van der Waals surface area contributed by atoms with Crippen molar-refractivity contribution in [2.75, 3.05) is 26.8 Å². The standard InChI is InChI=1S/C11H24N4O/c1-9(2)13-11(14-12)15-6-4-5-10(7-15)8-16-3/h9-10H,4-8,12H2,1-3H3,(H,13,14). The Labute approximate surface area is 98.0 Å². The van der Waals surface area contributed by atoms with Gasteiger partial charge in [-0.15, -0.1) is 0 Å². The van der Waals surface area contributed by atoms with E-state index in [1.807, 2.05) is 13.8 Å². The van der Waals surface area contributed by atoms with Crippen LogP contribution in [0.4, 0.5) is 0 Å². The van der Waals surface area contributed by atoms with E-state index in [0.717, 1.165) is 25.7 Å². The minimum Gasteiger partial charge on any atom is -0.384 e. The van der Waals surface area contributed by atoms with Gasteiger partial charge >= 0.3 is 0 Å². The van der Waals surface area contributed by atoms with E-state index in [4.69, 9.17) is 10.6 Å². The number of nitrogens with one attached hydrogen (secondary N) is 1. The summed E-state index contributed by atoms with van der Waals surface area (Å²) >= 11 is 0. The number of hydrazine groups is 1. The zero-order chi connectivity index (χ0) is 12.0. The second-order valence-electron chi connectivity index (χ2n) is 4.60. The molecule has 1 aliphatic heterocycles. The van der Waals surface area contributed by atoms with Gasteiger partial charge in [-0.25, -0.2) is 10.8 Å². The number of guanidine groups is 1. The summed E-state index contributed by atoms with van der Waals surface area (Å²) in [5.74, 6) is 6.91. The van der Waals surface area contributed by atoms with Crippen molar-refractivity contribution in [3.05, 3.63) is 0 Å². The normalized spacial score (nSPS) is 22.7. The topological polar surface area (TPSA) is 62.9 Å². The van der Waals surface area contributed by atoms with Gasteiger partial charge in [0.05, 0.1) is 6.61 Å². The fraction of sp³-hybridized carbons (Fsp3) is 0.909. The lowest BCUT2D eigenvalue weighted by molar-refractivity contribution is 0.114. The summed E-state index contributed by atoms with van der Waals surface area (Å²) in [4.78, 5) is 6.69. The number of rotatable bonds is 3. The first-order valence-corrected chi connectivity index (χ1v) is 5.95. The molecule has 1 fully saturated rings. The lowest BCUT2D eigenvalue weighted by Gasteiger charge is -2.34. The van der Waals surface area contributed by atoms with Gasteiger partial charge in [0.1, 0.15) is 0 Å². The molecule has 1 rings (SSSR count). The number of ether oxygens (including phenoxy) is 1. The van der Waals surface area contributed by atoms with E-state index in [0.29, 0.717) is 5.92 Å². The molecule has 5 heteroatoms. The highest BCUT2D eigenvalue weighted by atomic mass is 16.5. The molecule has 94 valence electrons. The number of piperidine rings is 1. The van der Waals surface area contributed by atoms with Gasteiger partial charge in [-0.1, -0.05) is 0 Å². The summed E-state index contributed by atoms with van der Waals surface area (Å²) in [5.41, 5.74) is 2.70. The molecule has 16 heavy (non-hydrogen) atoms. The second kappa shape index (κ2) is 6.70. The Kier molecular flexibility index (Phi) is 5.55. The van der Waals surface area contributed by atoms with Crippen molar-refractivity contribution in [1.82, 2.24) is 10.3 Å². The highest BCUT2D eigenvalue weighted by Crippen LogP contribution is 2.16. The first-order chi connectivity index (χ1) is 7.67. The average Bonchev–Trinajstić information content (AvgIpc) is 2.26. The van der Waals surface area contributed by atoms with Gasteiger partial charge in [-0.3, -0.25) is 5.43 Å². The van der Waals surface area contributed by atoms with Crippen LogP contribution in [-0.2, 0) is 4.74 Å². The van der Waals surface area contributed by atoms with Crippen molar-refractivity contribution in [1.29, 1.82) is 0 Å². The van der Waals surface area contributed by atoms with Crippen LogP contribution in [0.15, 0.2) is 4.99 Å². The third-order valence-corrected chi connectivity index (χ3v) is 2.73. The van der Waals surface area contributed by atoms with Crippen molar-refractivity contribution >= 4 is 5.96 Å². The van der Waals surface area contributed by atoms with Crippen molar-refractivity contribution in [3.8, 4) is 0 Å². The predicted molar refractivity (Wildman–Crippen MR) is 66.1 cm³/mol. The molecule has 0 aromatic carbocycles. The zero-order valence-corrected chi connectivity index (χ0v) is 10.6. The number of nitrogens with zero attached hydrogens (tertiary/aromatic N) is 2. The maximum atomic E-state index is 5.52. The molecule has 0 spiro atoms. The number of aliphatic imine (C=N–C) groups is 1. The summed E-state index contributed by atoms with van der Waals surface area (Å²) < 4.78 is 5.21. The van der Waals surface area contributed by atoms with E-state index in [2.05, 4.69) is 15.3 Å². The molecule has 0 aromatic heterocycles. The summed E-state index contributed by atoms with van der Waals surface area (Å²) in [6.07, 6.45) is 2.40. The molecule has 5 nitrogen and oxygen atoms in total. The van der Waals surface area contributed by atoms with E-state index in [-0.39, 0.29) is 6.04 Å². The molecule has 0 radical (unpaired) electrons. The monoisotopic (exact) mass is 228 g/mol. The van der Waals surface area contributed by atoms with Crippen molar-refractivity contribution in [2.45, 2.75) is 32.7 Å². The van der Waals surface area contributed by atoms with Crippen LogP contribution in [0.1, 0.15) is 26.7 Å². The van der Waals surface area contributed by atoms with Crippen LogP contribution in [0.2, 0.25) is 0 Å². The smallest absolute Gasteiger partial charge is 0.208 e. The Morgan fingerprint density at radius 1 is 1.62 bits per heavy atom. The molecule has 0 aliphatic carbocycles. The minimum absolute atomic E-state index is 0.258. The number of likely N-dealkylation sites (tertiary alicyclic amines) is 1. The third kappa shape index (κ3) is 3.98. The molecule has 3 N–H and O–H groups in total. The Morgan fingerprint density at radius 3 is 2.94 bits per heavy atom. The second-order valence-corrected chi connectivity index (χ2v) is 4.60. The van der Waals surface area contributed by atoms with E-state index in [9.17, 15) is 0 Å². The molecule has 0 bridgehead atoms. The van der Waals surface area contributed by atoms with Crippen molar-refractivity contribution in [3.63, 3.8) is 0 Å². The fourth-order valence-electron chi connectivity index (χ4n) is 2.08. The van der Waals surface area contributed by atoms with Gasteiger partial charge in [0.25, 0.3) is 0 Å². The SMILES string of the molecule is COCC1CCCN(C(=NC(C)C)NN)C1. The van der Waals surface area contributed by atoms with Gasteiger partial charge in [-0.2, -0.15) is 0 Å². The van der Waals surface area contributed by atoms with Crippen LogP contribution in [-0.4, -0.2) is 43.7 Å². The number of nitrogens with two attached hydrogens (primary N) is 1. The van der Waals surface area contributed by atoms with Crippen LogP contribution in [0.25, 0.3) is 0 Å². The van der Waals surface area contributed by atoms with Crippen LogP contribution < -0.4 is 11.3 Å². The number of hydrogen-bond donors (Lipinski definition) is 2. The fourth-order valence-corrected chi connectivity index (χ4v) is 2.08. The molecular formula is C11H24N4O. The van der Waals surface area contributed by atoms with Gasteiger partial charge in [0, 0.05) is 26.2 Å². The molecule has 1 atom stereocenters. The van der Waals surface area contributed by atoms with Gasteiger partial charge < -0.3 is 9.64 Å². The molecule has 1 unspecified atom stereocenters. The van der Waals surface area contributed by atoms with Crippen LogP contribution in [0, 0.1) is 5.92 Å². The van der Waals surface area contributed by atoms with Gasteiger partial charge in [0.2, 0.25) is 5.96 Å². The van der Waals surface area contributed by atoms with E-state index in [1.165, 1.54) is 12.8 Å². The third-order valence-electron chi connectivity index (χ3n) is 2.73. The maximum absolute atomic E-state index is 5.52. The summed E-state index contributed by atoms with van der Waals surface area (Å²) in [7, 11) is 1.75. The Morgan fingerprint density at radius 2 is 2.38 bits per heavy atom. The highest BCUT2D eigenvalue weighted by molar-refractivity contribution is 5.79. The lowest BCUT2D eigenvalue weighted by atomic mass is 9.99. The summed E-state index contributed by atoms with van der Waals surface area (Å²) in [6, 6.07) is 0.258. The van der Waals surface area contributed by atoms with Crippen molar-refractivity contribution < 1.29 is 4.74 Å². The van der Waals surface area contributed by atoms with E-state index in [1.54, 1.807) is 7.11 Å². The highest BCUT2D eigenvalue weighted by Gasteiger charge is 2.22. The molecule has 0 saturated carbocycles. The van der Waals surface area contributed by atoms with Gasteiger partial charge in [0.15, 0.2) is 0 Å². The Bertz CT molecular complexity index is 228. The minimum atomic E-state index is 0.258. The van der Waals surface area contributed by atoms with Crippen molar-refractivity contribution in [2.24, 2.45) is 16.8 Å².